The van der Waals surface area contributed by atoms with Crippen LogP contribution in [0.2, 0.25) is 0 Å². The fourth-order valence-corrected chi connectivity index (χ4v) is 3.85. The first-order chi connectivity index (χ1) is 14.1. The van der Waals surface area contributed by atoms with Gasteiger partial charge in [-0.3, -0.25) is 24.6 Å². The van der Waals surface area contributed by atoms with Crippen LogP contribution in [0.15, 0.2) is 42.9 Å². The highest BCUT2D eigenvalue weighted by molar-refractivity contribution is 5.88. The molecule has 3 aromatic rings. The molecule has 1 fully saturated rings. The Labute approximate surface area is 169 Å². The van der Waals surface area contributed by atoms with Gasteiger partial charge in [-0.05, 0) is 49.0 Å². The summed E-state index contributed by atoms with van der Waals surface area (Å²) in [6.45, 7) is 1.78. The van der Waals surface area contributed by atoms with Crippen molar-refractivity contribution < 1.29 is 14.3 Å². The summed E-state index contributed by atoms with van der Waals surface area (Å²) in [5, 5.41) is 8.94. The van der Waals surface area contributed by atoms with Crippen LogP contribution in [0, 0.1) is 5.92 Å². The number of hydrogen-bond donors (Lipinski definition) is 1. The Morgan fingerprint density at radius 3 is 2.69 bits per heavy atom. The maximum atomic E-state index is 12.8. The molecule has 0 radical (unpaired) electrons. The van der Waals surface area contributed by atoms with Crippen LogP contribution in [0.4, 0.5) is 0 Å². The molecule has 0 bridgehead atoms. The van der Waals surface area contributed by atoms with Crippen molar-refractivity contribution in [3.05, 3.63) is 48.5 Å². The number of fused-ring (bicyclic) bond motifs is 1. The van der Waals surface area contributed by atoms with E-state index in [4.69, 9.17) is 4.74 Å². The molecule has 4 rings (SSSR count). The number of pyridine rings is 1. The lowest BCUT2D eigenvalue weighted by molar-refractivity contribution is -0.142. The number of Topliss-reactive ketones (excluding diaryl/α,β-unsaturated/α-hetero) is 1. The van der Waals surface area contributed by atoms with Gasteiger partial charge in [0.1, 0.15) is 5.78 Å². The number of aromatic amines is 1. The minimum atomic E-state index is -0.232. The zero-order valence-corrected chi connectivity index (χ0v) is 16.4. The fraction of sp³-hybridized carbons (Fsp3) is 0.364. The van der Waals surface area contributed by atoms with Gasteiger partial charge in [0.05, 0.1) is 19.9 Å². The van der Waals surface area contributed by atoms with E-state index in [1.807, 2.05) is 35.5 Å². The second-order valence-electron chi connectivity index (χ2n) is 7.49. The summed E-state index contributed by atoms with van der Waals surface area (Å²) in [6.07, 6.45) is 7.37. The summed E-state index contributed by atoms with van der Waals surface area (Å²) in [5.74, 6) is 0.0177. The van der Waals surface area contributed by atoms with E-state index < -0.39 is 0 Å². The number of nitrogens with zero attached hydrogens (tertiary/aromatic N) is 3. The van der Waals surface area contributed by atoms with Crippen molar-refractivity contribution in [2.24, 2.45) is 5.92 Å². The third kappa shape index (κ3) is 4.51. The van der Waals surface area contributed by atoms with Gasteiger partial charge >= 0.3 is 5.97 Å². The number of carbonyl (C=O) groups is 2. The number of benzene rings is 1. The second-order valence-corrected chi connectivity index (χ2v) is 7.49. The number of likely N-dealkylation sites (tertiary alicyclic amines) is 1. The molecule has 7 nitrogen and oxygen atoms in total. The molecule has 0 unspecified atom stereocenters. The Hall–Kier alpha value is -3.06. The molecular formula is C22H24N4O3. The Kier molecular flexibility index (Phi) is 5.67. The van der Waals surface area contributed by atoms with E-state index >= 15 is 0 Å². The maximum absolute atomic E-state index is 12.8. The first-order valence-corrected chi connectivity index (χ1v) is 9.82. The van der Waals surface area contributed by atoms with Gasteiger partial charge in [0.2, 0.25) is 0 Å². The second kappa shape index (κ2) is 8.53. The molecule has 0 atom stereocenters. The zero-order chi connectivity index (χ0) is 20.2. The fourth-order valence-electron chi connectivity index (χ4n) is 3.85. The zero-order valence-electron chi connectivity index (χ0n) is 16.4. The monoisotopic (exact) mass is 392 g/mol. The number of aromatic nitrogens is 3. The number of H-pyrrole nitrogens is 1. The Balaban J connectivity index is 1.41. The molecule has 3 heterocycles. The Morgan fingerprint density at radius 2 is 1.97 bits per heavy atom. The molecule has 0 amide bonds. The molecule has 1 aliphatic rings. The van der Waals surface area contributed by atoms with E-state index in [0.29, 0.717) is 13.0 Å². The van der Waals surface area contributed by atoms with Crippen molar-refractivity contribution >= 4 is 22.5 Å². The van der Waals surface area contributed by atoms with E-state index in [9.17, 15) is 9.59 Å². The van der Waals surface area contributed by atoms with Crippen molar-refractivity contribution in [2.45, 2.75) is 19.3 Å². The number of carbonyl (C=O) groups excluding carboxylic acids is 2. The third-order valence-corrected chi connectivity index (χ3v) is 5.59. The van der Waals surface area contributed by atoms with E-state index in [0.717, 1.165) is 53.5 Å². The summed E-state index contributed by atoms with van der Waals surface area (Å²) >= 11 is 0. The lowest BCUT2D eigenvalue weighted by Crippen LogP contribution is -2.39. The third-order valence-electron chi connectivity index (χ3n) is 5.59. The van der Waals surface area contributed by atoms with Crippen molar-refractivity contribution in [2.75, 3.05) is 26.7 Å². The summed E-state index contributed by atoms with van der Waals surface area (Å²) in [6, 6.07) is 8.18. The Bertz CT molecular complexity index is 1010. The molecule has 0 saturated carbocycles. The predicted molar refractivity (Wildman–Crippen MR) is 109 cm³/mol. The molecule has 1 aromatic carbocycles. The summed E-state index contributed by atoms with van der Waals surface area (Å²) in [7, 11) is 1.40. The highest BCUT2D eigenvalue weighted by Crippen LogP contribution is 2.25. The predicted octanol–water partition coefficient (Wildman–Crippen LogP) is 2.62. The highest BCUT2D eigenvalue weighted by Gasteiger charge is 2.26. The molecule has 0 aliphatic carbocycles. The number of piperidine rings is 1. The summed E-state index contributed by atoms with van der Waals surface area (Å²) < 4.78 is 4.71. The molecule has 0 spiro atoms. The first kappa shape index (κ1) is 19.3. The van der Waals surface area contributed by atoms with Crippen molar-refractivity contribution in [3.8, 4) is 11.1 Å². The lowest BCUT2D eigenvalue weighted by atomic mass is 9.90. The average Bonchev–Trinajstić information content (AvgIpc) is 3.28. The SMILES string of the molecule is COC(=O)CN1CCC(C(=O)Cc2cc3cc(-c4cn[nH]c4)ccc3cn2)CC1. The normalized spacial score (nSPS) is 15.5. The largest absolute Gasteiger partial charge is 0.468 e. The van der Waals surface area contributed by atoms with Gasteiger partial charge in [0, 0.05) is 41.4 Å². The van der Waals surface area contributed by atoms with Crippen LogP contribution in [0.1, 0.15) is 18.5 Å². The van der Waals surface area contributed by atoms with Crippen LogP contribution in [0.5, 0.6) is 0 Å². The molecule has 2 aromatic heterocycles. The van der Waals surface area contributed by atoms with Gasteiger partial charge in [-0.25, -0.2) is 0 Å². The van der Waals surface area contributed by atoms with E-state index in [2.05, 4.69) is 21.2 Å². The molecule has 7 heteroatoms. The quantitative estimate of drug-likeness (QED) is 0.649. The van der Waals surface area contributed by atoms with Crippen LogP contribution in [0.25, 0.3) is 21.9 Å². The minimum Gasteiger partial charge on any atom is -0.468 e. The van der Waals surface area contributed by atoms with Gasteiger partial charge in [-0.2, -0.15) is 5.10 Å². The number of nitrogens with one attached hydrogen (secondary N) is 1. The van der Waals surface area contributed by atoms with Crippen LogP contribution in [0.3, 0.4) is 0 Å². The van der Waals surface area contributed by atoms with Crippen LogP contribution < -0.4 is 0 Å². The lowest BCUT2D eigenvalue weighted by Gasteiger charge is -2.30. The number of methoxy groups -OCH3 is 1. The molecule has 150 valence electrons. The molecule has 29 heavy (non-hydrogen) atoms. The van der Waals surface area contributed by atoms with Crippen LogP contribution in [-0.2, 0) is 20.7 Å². The van der Waals surface area contributed by atoms with Crippen molar-refractivity contribution in [1.82, 2.24) is 20.1 Å². The number of rotatable bonds is 6. The number of esters is 1. The first-order valence-electron chi connectivity index (χ1n) is 9.82. The van der Waals surface area contributed by atoms with Gasteiger partial charge < -0.3 is 4.74 Å². The molecule has 1 aliphatic heterocycles. The van der Waals surface area contributed by atoms with Crippen LogP contribution >= 0.6 is 0 Å². The summed E-state index contributed by atoms with van der Waals surface area (Å²) in [5.41, 5.74) is 2.90. The van der Waals surface area contributed by atoms with E-state index in [1.165, 1.54) is 7.11 Å². The summed E-state index contributed by atoms with van der Waals surface area (Å²) in [4.78, 5) is 30.7. The topological polar surface area (TPSA) is 88.2 Å². The van der Waals surface area contributed by atoms with Crippen LogP contribution in [-0.4, -0.2) is 58.6 Å². The molecule has 1 saturated heterocycles. The van der Waals surface area contributed by atoms with Gasteiger partial charge in [-0.1, -0.05) is 12.1 Å². The maximum Gasteiger partial charge on any atom is 0.319 e. The minimum absolute atomic E-state index is 0.0265. The van der Waals surface area contributed by atoms with Gasteiger partial charge in [0.15, 0.2) is 0 Å². The Morgan fingerprint density at radius 1 is 1.14 bits per heavy atom. The van der Waals surface area contributed by atoms with Crippen molar-refractivity contribution in [1.29, 1.82) is 0 Å². The average molecular weight is 392 g/mol. The number of ether oxygens (including phenoxy) is 1. The molecule has 1 N–H and O–H groups in total. The van der Waals surface area contributed by atoms with Crippen molar-refractivity contribution in [3.63, 3.8) is 0 Å². The van der Waals surface area contributed by atoms with E-state index in [-0.39, 0.29) is 17.7 Å². The van der Waals surface area contributed by atoms with E-state index in [1.54, 1.807) is 6.20 Å². The molecular weight excluding hydrogens is 368 g/mol. The highest BCUT2D eigenvalue weighted by atomic mass is 16.5. The standard InChI is InChI=1S/C22H24N4O3/c1-29-22(28)14-26-6-4-15(5-7-26)21(27)10-20-9-18-8-16(19-12-24-25-13-19)2-3-17(18)11-23-20/h2-3,8-9,11-13,15H,4-7,10,14H2,1H3,(H,24,25). The number of ketones is 1. The smallest absolute Gasteiger partial charge is 0.319 e. The van der Waals surface area contributed by atoms with Gasteiger partial charge in [-0.15, -0.1) is 0 Å². The number of hydrogen-bond acceptors (Lipinski definition) is 6. The van der Waals surface area contributed by atoms with Gasteiger partial charge in [0.25, 0.3) is 0 Å².